The van der Waals surface area contributed by atoms with Gasteiger partial charge in [-0.25, -0.2) is 9.78 Å². The first-order chi connectivity index (χ1) is 8.76. The molecule has 0 spiro atoms. The maximum atomic E-state index is 11.4. The first-order valence-corrected chi connectivity index (χ1v) is 5.26. The maximum Gasteiger partial charge on any atom is 0.396 e. The minimum Gasteiger partial charge on any atom is -0.480 e. The fourth-order valence-corrected chi connectivity index (χ4v) is 1.32. The lowest BCUT2D eigenvalue weighted by Crippen LogP contribution is -2.04. The summed E-state index contributed by atoms with van der Waals surface area (Å²) in [5.41, 5.74) is 0.517. The van der Waals surface area contributed by atoms with Crippen molar-refractivity contribution in [1.82, 2.24) is 15.2 Å². The Hall–Kier alpha value is -2.44. The van der Waals surface area contributed by atoms with E-state index in [1.54, 1.807) is 25.3 Å². The molecule has 0 saturated carbocycles. The molecule has 7 nitrogen and oxygen atoms in total. The van der Waals surface area contributed by atoms with Crippen LogP contribution >= 0.6 is 0 Å². The van der Waals surface area contributed by atoms with Gasteiger partial charge in [0, 0.05) is 6.20 Å². The van der Waals surface area contributed by atoms with Crippen molar-refractivity contribution in [3.8, 4) is 17.3 Å². The number of carbonyl (C=O) groups excluding carboxylic acids is 1. The Bertz CT molecular complexity index is 553. The largest absolute Gasteiger partial charge is 0.480 e. The molecule has 0 aliphatic rings. The van der Waals surface area contributed by atoms with E-state index in [1.807, 2.05) is 0 Å². The number of carbonyl (C=O) groups is 1. The minimum atomic E-state index is -0.654. The van der Waals surface area contributed by atoms with Crippen LogP contribution in [0.4, 0.5) is 0 Å². The van der Waals surface area contributed by atoms with E-state index in [0.717, 1.165) is 0 Å². The SMILES string of the molecule is CCOC(=O)c1nnc(-c2cccnc2OC)o1. The summed E-state index contributed by atoms with van der Waals surface area (Å²) in [4.78, 5) is 15.4. The summed E-state index contributed by atoms with van der Waals surface area (Å²) in [6.07, 6.45) is 1.57. The van der Waals surface area contributed by atoms with Crippen molar-refractivity contribution < 1.29 is 18.7 Å². The van der Waals surface area contributed by atoms with E-state index >= 15 is 0 Å². The highest BCUT2D eigenvalue weighted by Gasteiger charge is 2.19. The van der Waals surface area contributed by atoms with Crippen LogP contribution in [0.5, 0.6) is 5.88 Å². The van der Waals surface area contributed by atoms with Crippen LogP contribution in [0.2, 0.25) is 0 Å². The number of hydrogen-bond acceptors (Lipinski definition) is 7. The van der Waals surface area contributed by atoms with Crippen LogP contribution in [0.1, 0.15) is 17.6 Å². The van der Waals surface area contributed by atoms with E-state index in [4.69, 9.17) is 13.9 Å². The third kappa shape index (κ3) is 2.29. The summed E-state index contributed by atoms with van der Waals surface area (Å²) in [5, 5.41) is 7.37. The second-order valence-corrected chi connectivity index (χ2v) is 3.19. The van der Waals surface area contributed by atoms with Gasteiger partial charge in [0.15, 0.2) is 0 Å². The van der Waals surface area contributed by atoms with E-state index in [9.17, 15) is 4.79 Å². The van der Waals surface area contributed by atoms with Gasteiger partial charge >= 0.3 is 11.9 Å². The van der Waals surface area contributed by atoms with Crippen LogP contribution in [-0.2, 0) is 4.74 Å². The van der Waals surface area contributed by atoms with Crippen molar-refractivity contribution >= 4 is 5.97 Å². The van der Waals surface area contributed by atoms with Crippen LogP contribution in [-0.4, -0.2) is 34.9 Å². The second kappa shape index (κ2) is 5.26. The Labute approximate surface area is 103 Å². The van der Waals surface area contributed by atoms with Gasteiger partial charge in [-0.3, -0.25) is 0 Å². The van der Waals surface area contributed by atoms with Crippen molar-refractivity contribution in [1.29, 1.82) is 0 Å². The van der Waals surface area contributed by atoms with Crippen LogP contribution < -0.4 is 4.74 Å². The number of aromatic nitrogens is 3. The van der Waals surface area contributed by atoms with Gasteiger partial charge in [0.05, 0.1) is 13.7 Å². The lowest BCUT2D eigenvalue weighted by molar-refractivity contribution is 0.0481. The van der Waals surface area contributed by atoms with Crippen molar-refractivity contribution in [2.24, 2.45) is 0 Å². The monoisotopic (exact) mass is 249 g/mol. The maximum absolute atomic E-state index is 11.4. The fourth-order valence-electron chi connectivity index (χ4n) is 1.32. The summed E-state index contributed by atoms with van der Waals surface area (Å²) in [6, 6.07) is 3.40. The van der Waals surface area contributed by atoms with E-state index in [0.29, 0.717) is 11.4 Å². The molecule has 2 rings (SSSR count). The highest BCUT2D eigenvalue weighted by Crippen LogP contribution is 2.26. The van der Waals surface area contributed by atoms with Crippen LogP contribution in [0, 0.1) is 0 Å². The molecular weight excluding hydrogens is 238 g/mol. The number of methoxy groups -OCH3 is 1. The zero-order chi connectivity index (χ0) is 13.0. The first-order valence-electron chi connectivity index (χ1n) is 5.26. The molecule has 0 bridgehead atoms. The number of rotatable bonds is 4. The third-order valence-corrected chi connectivity index (χ3v) is 2.07. The fraction of sp³-hybridized carbons (Fsp3) is 0.273. The molecule has 0 amide bonds. The quantitative estimate of drug-likeness (QED) is 0.755. The van der Waals surface area contributed by atoms with E-state index in [1.165, 1.54) is 7.11 Å². The average Bonchev–Trinajstić information content (AvgIpc) is 2.88. The molecule has 2 aromatic heterocycles. The minimum absolute atomic E-state index is 0.156. The second-order valence-electron chi connectivity index (χ2n) is 3.19. The van der Waals surface area contributed by atoms with Crippen LogP contribution in [0.3, 0.4) is 0 Å². The predicted molar refractivity (Wildman–Crippen MR) is 60.0 cm³/mol. The summed E-state index contributed by atoms with van der Waals surface area (Å²) < 4.78 is 15.0. The summed E-state index contributed by atoms with van der Waals surface area (Å²) in [5.74, 6) is -0.351. The van der Waals surface area contributed by atoms with E-state index in [-0.39, 0.29) is 18.4 Å². The number of pyridine rings is 1. The summed E-state index contributed by atoms with van der Waals surface area (Å²) >= 11 is 0. The molecule has 0 N–H and O–H groups in total. The van der Waals surface area contributed by atoms with E-state index < -0.39 is 5.97 Å². The Balaban J connectivity index is 2.32. The van der Waals surface area contributed by atoms with Gasteiger partial charge in [-0.15, -0.1) is 10.2 Å². The zero-order valence-corrected chi connectivity index (χ0v) is 9.91. The Morgan fingerprint density at radius 1 is 1.44 bits per heavy atom. The van der Waals surface area contributed by atoms with Crippen molar-refractivity contribution in [2.75, 3.05) is 13.7 Å². The normalized spacial score (nSPS) is 10.1. The Kier molecular flexibility index (Phi) is 3.52. The first kappa shape index (κ1) is 12.0. The molecule has 0 aliphatic carbocycles. The van der Waals surface area contributed by atoms with Gasteiger partial charge in [-0.2, -0.15) is 0 Å². The highest BCUT2D eigenvalue weighted by molar-refractivity contribution is 5.84. The molecule has 0 aliphatic heterocycles. The number of ether oxygens (including phenoxy) is 2. The van der Waals surface area contributed by atoms with Crippen molar-refractivity contribution in [2.45, 2.75) is 6.92 Å². The molecule has 18 heavy (non-hydrogen) atoms. The Morgan fingerprint density at radius 3 is 3.00 bits per heavy atom. The number of hydrogen-bond donors (Lipinski definition) is 0. The lowest BCUT2D eigenvalue weighted by Gasteiger charge is -2.01. The lowest BCUT2D eigenvalue weighted by atomic mass is 10.3. The van der Waals surface area contributed by atoms with Gasteiger partial charge in [-0.1, -0.05) is 0 Å². The Morgan fingerprint density at radius 2 is 2.28 bits per heavy atom. The van der Waals surface area contributed by atoms with E-state index in [2.05, 4.69) is 15.2 Å². The van der Waals surface area contributed by atoms with Gasteiger partial charge in [0.2, 0.25) is 5.88 Å². The molecule has 0 atom stereocenters. The smallest absolute Gasteiger partial charge is 0.396 e. The third-order valence-electron chi connectivity index (χ3n) is 2.07. The molecular formula is C11H11N3O4. The molecule has 2 heterocycles. The highest BCUT2D eigenvalue weighted by atomic mass is 16.5. The van der Waals surface area contributed by atoms with Gasteiger partial charge in [-0.05, 0) is 19.1 Å². The zero-order valence-electron chi connectivity index (χ0n) is 9.91. The van der Waals surface area contributed by atoms with Crippen LogP contribution in [0.15, 0.2) is 22.7 Å². The summed E-state index contributed by atoms with van der Waals surface area (Å²) in [6.45, 7) is 1.94. The predicted octanol–water partition coefficient (Wildman–Crippen LogP) is 1.32. The van der Waals surface area contributed by atoms with Crippen molar-refractivity contribution in [3.05, 3.63) is 24.2 Å². The number of nitrogens with zero attached hydrogens (tertiary/aromatic N) is 3. The average molecular weight is 249 g/mol. The van der Waals surface area contributed by atoms with Gasteiger partial charge in [0.25, 0.3) is 5.89 Å². The van der Waals surface area contributed by atoms with Gasteiger partial charge in [0.1, 0.15) is 5.56 Å². The van der Waals surface area contributed by atoms with Crippen LogP contribution in [0.25, 0.3) is 11.5 Å². The topological polar surface area (TPSA) is 87.3 Å². The molecule has 0 unspecified atom stereocenters. The molecule has 7 heteroatoms. The standard InChI is InChI=1S/C11H11N3O4/c1-3-17-11(15)10-14-13-9(18-10)7-5-4-6-12-8(7)16-2/h4-6H,3H2,1-2H3. The molecule has 0 fully saturated rings. The molecule has 0 radical (unpaired) electrons. The number of esters is 1. The van der Waals surface area contributed by atoms with Gasteiger partial charge < -0.3 is 13.9 Å². The molecule has 94 valence electrons. The summed E-state index contributed by atoms with van der Waals surface area (Å²) in [7, 11) is 1.48. The molecule has 0 saturated heterocycles. The molecule has 2 aromatic rings. The van der Waals surface area contributed by atoms with Crippen molar-refractivity contribution in [3.63, 3.8) is 0 Å². The molecule has 0 aromatic carbocycles.